The zero-order valence-corrected chi connectivity index (χ0v) is 15.6. The average Bonchev–Trinajstić information content (AvgIpc) is 2.65. The molecule has 0 radical (unpaired) electrons. The van der Waals surface area contributed by atoms with Gasteiger partial charge < -0.3 is 15.1 Å². The zero-order chi connectivity index (χ0) is 17.6. The molecule has 1 aliphatic heterocycles. The molecule has 8 heteroatoms. The predicted molar refractivity (Wildman–Crippen MR) is 100 cm³/mol. The molecule has 1 aromatic carbocycles. The summed E-state index contributed by atoms with van der Waals surface area (Å²) >= 11 is 1.63. The van der Waals surface area contributed by atoms with Crippen molar-refractivity contribution in [3.05, 3.63) is 24.0 Å². The van der Waals surface area contributed by atoms with Crippen LogP contribution in [0.15, 0.2) is 23.1 Å². The smallest absolute Gasteiger partial charge is 0.291 e. The summed E-state index contributed by atoms with van der Waals surface area (Å²) in [6.07, 6.45) is 2.93. The summed E-state index contributed by atoms with van der Waals surface area (Å²) in [5.74, 6) is -0.132. The van der Waals surface area contributed by atoms with Crippen LogP contribution in [0.25, 0.3) is 11.0 Å². The SMILES string of the molecule is CSc1ccc2nnc(C(=O)NCCCN3CCN(C)CC3)nc2c1. The van der Waals surface area contributed by atoms with Crippen LogP contribution in [-0.4, -0.2) is 83.5 Å². The molecule has 2 heterocycles. The summed E-state index contributed by atoms with van der Waals surface area (Å²) in [6.45, 7) is 6.04. The van der Waals surface area contributed by atoms with E-state index in [4.69, 9.17) is 0 Å². The van der Waals surface area contributed by atoms with Crippen LogP contribution in [0.5, 0.6) is 0 Å². The van der Waals surface area contributed by atoms with Gasteiger partial charge in [0.15, 0.2) is 0 Å². The molecule has 0 atom stereocenters. The molecule has 1 aliphatic rings. The number of benzene rings is 1. The third-order valence-electron chi connectivity index (χ3n) is 4.40. The van der Waals surface area contributed by atoms with Crippen molar-refractivity contribution in [2.45, 2.75) is 11.3 Å². The topological polar surface area (TPSA) is 74.2 Å². The second kappa shape index (κ2) is 8.55. The van der Waals surface area contributed by atoms with Crippen LogP contribution in [0, 0.1) is 0 Å². The van der Waals surface area contributed by atoms with E-state index in [-0.39, 0.29) is 11.7 Å². The number of aromatic nitrogens is 3. The van der Waals surface area contributed by atoms with Crippen molar-refractivity contribution in [2.75, 3.05) is 52.6 Å². The monoisotopic (exact) mass is 360 g/mol. The second-order valence-electron chi connectivity index (χ2n) is 6.24. The molecule has 0 aliphatic carbocycles. The van der Waals surface area contributed by atoms with E-state index in [1.807, 2.05) is 24.5 Å². The van der Waals surface area contributed by atoms with Gasteiger partial charge in [0.05, 0.1) is 5.52 Å². The highest BCUT2D eigenvalue weighted by Gasteiger charge is 2.14. The lowest BCUT2D eigenvalue weighted by molar-refractivity contribution is 0.0938. The van der Waals surface area contributed by atoms with Crippen molar-refractivity contribution in [2.24, 2.45) is 0 Å². The van der Waals surface area contributed by atoms with Gasteiger partial charge in [0.2, 0.25) is 5.82 Å². The highest BCUT2D eigenvalue weighted by atomic mass is 32.2. The molecule has 0 spiro atoms. The maximum Gasteiger partial charge on any atom is 0.291 e. The summed E-state index contributed by atoms with van der Waals surface area (Å²) in [4.78, 5) is 22.4. The first kappa shape index (κ1) is 18.0. The van der Waals surface area contributed by atoms with Crippen LogP contribution in [0.2, 0.25) is 0 Å². The molecule has 0 bridgehead atoms. The number of hydrogen-bond donors (Lipinski definition) is 1. The molecule has 2 aromatic rings. The highest BCUT2D eigenvalue weighted by Crippen LogP contribution is 2.18. The minimum Gasteiger partial charge on any atom is -0.349 e. The number of hydrogen-bond acceptors (Lipinski definition) is 7. The quantitative estimate of drug-likeness (QED) is 0.611. The van der Waals surface area contributed by atoms with Gasteiger partial charge in [0, 0.05) is 37.6 Å². The lowest BCUT2D eigenvalue weighted by Gasteiger charge is -2.32. The van der Waals surface area contributed by atoms with Gasteiger partial charge in [-0.3, -0.25) is 4.79 Å². The van der Waals surface area contributed by atoms with Crippen molar-refractivity contribution in [1.29, 1.82) is 0 Å². The number of rotatable bonds is 6. The average molecular weight is 360 g/mol. The molecule has 0 saturated carbocycles. The van der Waals surface area contributed by atoms with Crippen molar-refractivity contribution >= 4 is 28.7 Å². The van der Waals surface area contributed by atoms with E-state index in [1.165, 1.54) is 0 Å². The molecule has 1 saturated heterocycles. The van der Waals surface area contributed by atoms with E-state index >= 15 is 0 Å². The molecule has 1 amide bonds. The number of amides is 1. The molecular formula is C17H24N6OS. The van der Waals surface area contributed by atoms with Gasteiger partial charge in [0.25, 0.3) is 5.91 Å². The Hall–Kier alpha value is -1.77. The lowest BCUT2D eigenvalue weighted by Crippen LogP contribution is -2.45. The molecule has 0 unspecified atom stereocenters. The molecule has 7 nitrogen and oxygen atoms in total. The van der Waals surface area contributed by atoms with Crippen molar-refractivity contribution in [3.8, 4) is 0 Å². The summed E-state index contributed by atoms with van der Waals surface area (Å²) in [6, 6.07) is 5.78. The van der Waals surface area contributed by atoms with Gasteiger partial charge in [-0.05, 0) is 44.5 Å². The molecule has 3 rings (SSSR count). The third kappa shape index (κ3) is 4.87. The van der Waals surface area contributed by atoms with Crippen molar-refractivity contribution in [3.63, 3.8) is 0 Å². The maximum atomic E-state index is 12.2. The summed E-state index contributed by atoms with van der Waals surface area (Å²) in [5, 5.41) is 10.9. The van der Waals surface area contributed by atoms with Gasteiger partial charge in [-0.25, -0.2) is 4.98 Å². The Morgan fingerprint density at radius 1 is 1.20 bits per heavy atom. The highest BCUT2D eigenvalue weighted by molar-refractivity contribution is 7.98. The Kier molecular flexibility index (Phi) is 6.17. The molecule has 25 heavy (non-hydrogen) atoms. The van der Waals surface area contributed by atoms with Crippen LogP contribution in [0.4, 0.5) is 0 Å². The number of nitrogens with one attached hydrogen (secondary N) is 1. The summed E-state index contributed by atoms with van der Waals surface area (Å²) in [5.41, 5.74) is 1.40. The number of thioether (sulfide) groups is 1. The minimum absolute atomic E-state index is 0.130. The Morgan fingerprint density at radius 2 is 2.00 bits per heavy atom. The van der Waals surface area contributed by atoms with Crippen LogP contribution in [-0.2, 0) is 0 Å². The Bertz CT molecular complexity index is 732. The van der Waals surface area contributed by atoms with E-state index in [9.17, 15) is 4.79 Å². The Labute approximate surface area is 152 Å². The van der Waals surface area contributed by atoms with Crippen LogP contribution < -0.4 is 5.32 Å². The standard InChI is InChI=1S/C17H24N6OS/c1-22-8-10-23(11-9-22)7-3-6-18-17(24)16-19-15-12-13(25-2)4-5-14(15)20-21-16/h4-5,12H,3,6-11H2,1-2H3,(H,18,24). The van der Waals surface area contributed by atoms with Gasteiger partial charge in [-0.2, -0.15) is 0 Å². The predicted octanol–water partition coefficient (Wildman–Crippen LogP) is 1.11. The number of carbonyl (C=O) groups is 1. The number of fused-ring (bicyclic) bond motifs is 1. The molecule has 1 aromatic heterocycles. The number of piperazine rings is 1. The van der Waals surface area contributed by atoms with Gasteiger partial charge >= 0.3 is 0 Å². The number of carbonyl (C=O) groups excluding carboxylic acids is 1. The number of likely N-dealkylation sites (N-methyl/N-ethyl adjacent to an activating group) is 1. The van der Waals surface area contributed by atoms with Crippen LogP contribution in [0.3, 0.4) is 0 Å². The van der Waals surface area contributed by atoms with E-state index in [2.05, 4.69) is 37.3 Å². The molecule has 1 fully saturated rings. The van der Waals surface area contributed by atoms with Crippen LogP contribution >= 0.6 is 11.8 Å². The van der Waals surface area contributed by atoms with E-state index < -0.39 is 0 Å². The first-order valence-electron chi connectivity index (χ1n) is 8.53. The second-order valence-corrected chi connectivity index (χ2v) is 7.12. The lowest BCUT2D eigenvalue weighted by atomic mass is 10.3. The maximum absolute atomic E-state index is 12.2. The summed E-state index contributed by atoms with van der Waals surface area (Å²) < 4.78 is 0. The fraction of sp³-hybridized carbons (Fsp3) is 0.529. The van der Waals surface area contributed by atoms with E-state index in [0.717, 1.165) is 44.0 Å². The Morgan fingerprint density at radius 3 is 2.76 bits per heavy atom. The largest absolute Gasteiger partial charge is 0.349 e. The van der Waals surface area contributed by atoms with E-state index in [0.29, 0.717) is 17.6 Å². The Balaban J connectivity index is 1.50. The van der Waals surface area contributed by atoms with Gasteiger partial charge in [-0.15, -0.1) is 22.0 Å². The molecule has 1 N–H and O–H groups in total. The zero-order valence-electron chi connectivity index (χ0n) is 14.7. The third-order valence-corrected chi connectivity index (χ3v) is 5.12. The van der Waals surface area contributed by atoms with Crippen molar-refractivity contribution in [1.82, 2.24) is 30.3 Å². The van der Waals surface area contributed by atoms with Crippen LogP contribution in [0.1, 0.15) is 17.0 Å². The van der Waals surface area contributed by atoms with Crippen molar-refractivity contribution < 1.29 is 4.79 Å². The van der Waals surface area contributed by atoms with E-state index in [1.54, 1.807) is 11.8 Å². The normalized spacial score (nSPS) is 16.2. The molecular weight excluding hydrogens is 336 g/mol. The summed E-state index contributed by atoms with van der Waals surface area (Å²) in [7, 11) is 2.15. The first-order chi connectivity index (χ1) is 12.2. The fourth-order valence-corrected chi connectivity index (χ4v) is 3.23. The molecule has 134 valence electrons. The van der Waals surface area contributed by atoms with Gasteiger partial charge in [-0.1, -0.05) is 0 Å². The first-order valence-corrected chi connectivity index (χ1v) is 9.76. The number of nitrogens with zero attached hydrogens (tertiary/aromatic N) is 5. The fourth-order valence-electron chi connectivity index (χ4n) is 2.79. The minimum atomic E-state index is -0.262. The van der Waals surface area contributed by atoms with Gasteiger partial charge in [0.1, 0.15) is 5.52 Å².